The van der Waals surface area contributed by atoms with Crippen molar-refractivity contribution in [3.63, 3.8) is 0 Å². The molecular weight excluding hydrogens is 240 g/mol. The third kappa shape index (κ3) is 3.67. The molecule has 0 aromatic carbocycles. The molecule has 0 atom stereocenters. The summed E-state index contributed by atoms with van der Waals surface area (Å²) in [6.07, 6.45) is 9.89. The van der Waals surface area contributed by atoms with Crippen molar-refractivity contribution in [1.82, 2.24) is 0 Å². The molecule has 0 radical (unpaired) electrons. The van der Waals surface area contributed by atoms with Crippen LogP contribution in [-0.2, 0) is 9.47 Å². The summed E-state index contributed by atoms with van der Waals surface area (Å²) in [6, 6.07) is 2.94. The second-order valence-corrected chi connectivity index (χ2v) is 3.81. The standard InChI is InChI=1S/C12H8O4S/c1-3-7-15-11(13)9-5-6-10(17-9)12(14)16-8-4-2/h1-2,5-6H,7-8H2. The first-order chi connectivity index (χ1) is 8.19. The monoisotopic (exact) mass is 248 g/mol. The second kappa shape index (κ2) is 6.37. The number of esters is 2. The number of carbonyl (C=O) groups is 2. The van der Waals surface area contributed by atoms with Gasteiger partial charge in [-0.1, -0.05) is 11.8 Å². The fraction of sp³-hybridized carbons (Fsp3) is 0.167. The predicted molar refractivity (Wildman–Crippen MR) is 62.6 cm³/mol. The van der Waals surface area contributed by atoms with Crippen LogP contribution in [0.25, 0.3) is 0 Å². The minimum absolute atomic E-state index is 0.104. The molecule has 0 N–H and O–H groups in total. The van der Waals surface area contributed by atoms with Gasteiger partial charge < -0.3 is 9.47 Å². The van der Waals surface area contributed by atoms with Crippen LogP contribution in [0, 0.1) is 24.7 Å². The Bertz CT molecular complexity index is 457. The fourth-order valence-corrected chi connectivity index (χ4v) is 1.71. The lowest BCUT2D eigenvalue weighted by molar-refractivity contribution is 0.0555. The zero-order chi connectivity index (χ0) is 12.7. The number of thiophene rings is 1. The fourth-order valence-electron chi connectivity index (χ4n) is 0.914. The zero-order valence-corrected chi connectivity index (χ0v) is 9.58. The van der Waals surface area contributed by atoms with E-state index < -0.39 is 11.9 Å². The van der Waals surface area contributed by atoms with Crippen molar-refractivity contribution >= 4 is 23.3 Å². The zero-order valence-electron chi connectivity index (χ0n) is 8.76. The summed E-state index contributed by atoms with van der Waals surface area (Å²) in [4.78, 5) is 23.3. The minimum Gasteiger partial charge on any atom is -0.448 e. The number of ether oxygens (including phenoxy) is 2. The number of hydrogen-bond acceptors (Lipinski definition) is 5. The third-order valence-electron chi connectivity index (χ3n) is 1.58. The number of hydrogen-bond donors (Lipinski definition) is 0. The minimum atomic E-state index is -0.566. The van der Waals surface area contributed by atoms with Crippen molar-refractivity contribution in [3.05, 3.63) is 21.9 Å². The van der Waals surface area contributed by atoms with Crippen LogP contribution < -0.4 is 0 Å². The highest BCUT2D eigenvalue weighted by Crippen LogP contribution is 2.18. The molecule has 0 aliphatic heterocycles. The van der Waals surface area contributed by atoms with Gasteiger partial charge in [0.1, 0.15) is 9.75 Å². The average Bonchev–Trinajstić information content (AvgIpc) is 2.82. The lowest BCUT2D eigenvalue weighted by Crippen LogP contribution is -2.03. The molecule has 0 fully saturated rings. The number of rotatable bonds is 4. The highest BCUT2D eigenvalue weighted by Gasteiger charge is 2.15. The van der Waals surface area contributed by atoms with Crippen molar-refractivity contribution < 1.29 is 19.1 Å². The Morgan fingerprint density at radius 1 is 1.06 bits per heavy atom. The Kier molecular flexibility index (Phi) is 4.80. The summed E-state index contributed by atoms with van der Waals surface area (Å²) in [5.74, 6) is 3.22. The maximum Gasteiger partial charge on any atom is 0.349 e. The molecule has 5 heteroatoms. The molecule has 0 spiro atoms. The Balaban J connectivity index is 2.65. The summed E-state index contributed by atoms with van der Waals surface area (Å²) in [6.45, 7) is -0.207. The summed E-state index contributed by atoms with van der Waals surface area (Å²) in [5.41, 5.74) is 0. The van der Waals surface area contributed by atoms with E-state index in [4.69, 9.17) is 22.3 Å². The third-order valence-corrected chi connectivity index (χ3v) is 2.63. The maximum absolute atomic E-state index is 11.4. The quantitative estimate of drug-likeness (QED) is 0.596. The molecule has 4 nitrogen and oxygen atoms in total. The Morgan fingerprint density at radius 3 is 1.82 bits per heavy atom. The highest BCUT2D eigenvalue weighted by atomic mass is 32.1. The lowest BCUT2D eigenvalue weighted by atomic mass is 10.4. The van der Waals surface area contributed by atoms with E-state index in [1.54, 1.807) is 0 Å². The molecule has 0 aliphatic carbocycles. The largest absolute Gasteiger partial charge is 0.448 e. The van der Waals surface area contributed by atoms with Crippen LogP contribution in [0.5, 0.6) is 0 Å². The maximum atomic E-state index is 11.4. The number of carbonyl (C=O) groups excluding carboxylic acids is 2. The molecule has 0 aliphatic rings. The smallest absolute Gasteiger partial charge is 0.349 e. The molecule has 1 heterocycles. The van der Waals surface area contributed by atoms with Gasteiger partial charge in [0.2, 0.25) is 0 Å². The molecule has 1 aromatic heterocycles. The lowest BCUT2D eigenvalue weighted by Gasteiger charge is -1.97. The number of terminal acetylenes is 2. The Morgan fingerprint density at radius 2 is 1.47 bits per heavy atom. The van der Waals surface area contributed by atoms with Crippen LogP contribution in [0.2, 0.25) is 0 Å². The van der Waals surface area contributed by atoms with Crippen LogP contribution >= 0.6 is 11.3 Å². The summed E-state index contributed by atoms with van der Waals surface area (Å²) >= 11 is 0.964. The molecule has 1 aromatic rings. The van der Waals surface area contributed by atoms with Crippen molar-refractivity contribution in [1.29, 1.82) is 0 Å². The SMILES string of the molecule is C#CCOC(=O)c1ccc(C(=O)OCC#C)s1. The first-order valence-corrected chi connectivity index (χ1v) is 5.31. The predicted octanol–water partition coefficient (Wildman–Crippen LogP) is 1.33. The molecule has 1 rings (SSSR count). The molecular formula is C12H8O4S. The molecule has 0 unspecified atom stereocenters. The summed E-state index contributed by atoms with van der Waals surface area (Å²) in [5, 5.41) is 0. The van der Waals surface area contributed by atoms with E-state index >= 15 is 0 Å². The van der Waals surface area contributed by atoms with E-state index in [9.17, 15) is 9.59 Å². The van der Waals surface area contributed by atoms with Crippen LogP contribution in [-0.4, -0.2) is 25.2 Å². The van der Waals surface area contributed by atoms with Crippen LogP contribution in [0.4, 0.5) is 0 Å². The topological polar surface area (TPSA) is 52.6 Å². The van der Waals surface area contributed by atoms with E-state index in [1.807, 2.05) is 0 Å². The van der Waals surface area contributed by atoms with Gasteiger partial charge in [0.25, 0.3) is 0 Å². The Hall–Kier alpha value is -2.24. The highest BCUT2D eigenvalue weighted by molar-refractivity contribution is 7.15. The van der Waals surface area contributed by atoms with Gasteiger partial charge in [0, 0.05) is 0 Å². The van der Waals surface area contributed by atoms with E-state index in [2.05, 4.69) is 11.8 Å². The van der Waals surface area contributed by atoms with Gasteiger partial charge in [-0.3, -0.25) is 0 Å². The molecule has 0 bridgehead atoms. The van der Waals surface area contributed by atoms with Crippen LogP contribution in [0.1, 0.15) is 19.3 Å². The average molecular weight is 248 g/mol. The van der Waals surface area contributed by atoms with Gasteiger partial charge in [0.15, 0.2) is 13.2 Å². The van der Waals surface area contributed by atoms with Crippen LogP contribution in [0.15, 0.2) is 12.1 Å². The molecule has 86 valence electrons. The molecule has 17 heavy (non-hydrogen) atoms. The molecule has 0 amide bonds. The van der Waals surface area contributed by atoms with E-state index in [-0.39, 0.29) is 23.0 Å². The molecule has 0 saturated carbocycles. The second-order valence-electron chi connectivity index (χ2n) is 2.72. The van der Waals surface area contributed by atoms with Crippen molar-refractivity contribution in [2.45, 2.75) is 0 Å². The van der Waals surface area contributed by atoms with E-state index in [1.165, 1.54) is 12.1 Å². The van der Waals surface area contributed by atoms with Gasteiger partial charge in [-0.15, -0.1) is 24.2 Å². The first-order valence-electron chi connectivity index (χ1n) is 4.50. The van der Waals surface area contributed by atoms with Gasteiger partial charge in [-0.05, 0) is 12.1 Å². The van der Waals surface area contributed by atoms with Crippen molar-refractivity contribution in [2.24, 2.45) is 0 Å². The Labute approximate surface area is 103 Å². The first kappa shape index (κ1) is 12.8. The van der Waals surface area contributed by atoms with Crippen LogP contribution in [0.3, 0.4) is 0 Å². The van der Waals surface area contributed by atoms with Crippen molar-refractivity contribution in [3.8, 4) is 24.7 Å². The van der Waals surface area contributed by atoms with Gasteiger partial charge in [-0.25, -0.2) is 9.59 Å². The van der Waals surface area contributed by atoms with Gasteiger partial charge >= 0.3 is 11.9 Å². The normalized spacial score (nSPS) is 8.82. The van der Waals surface area contributed by atoms with Crippen molar-refractivity contribution in [2.75, 3.05) is 13.2 Å². The van der Waals surface area contributed by atoms with Gasteiger partial charge in [0.05, 0.1) is 0 Å². The van der Waals surface area contributed by atoms with Gasteiger partial charge in [-0.2, -0.15) is 0 Å². The van der Waals surface area contributed by atoms with E-state index in [0.717, 1.165) is 11.3 Å². The molecule has 0 saturated heterocycles. The van der Waals surface area contributed by atoms with E-state index in [0.29, 0.717) is 0 Å². The summed E-state index contributed by atoms with van der Waals surface area (Å²) < 4.78 is 9.40. The summed E-state index contributed by atoms with van der Waals surface area (Å²) in [7, 11) is 0.